The summed E-state index contributed by atoms with van der Waals surface area (Å²) in [6.45, 7) is 2.92. The van der Waals surface area contributed by atoms with E-state index in [1.807, 2.05) is 17.5 Å². The number of aliphatic carboxylic acids is 1. The molecule has 1 unspecified atom stereocenters. The highest BCUT2D eigenvalue weighted by Crippen LogP contribution is 2.35. The van der Waals surface area contributed by atoms with Crippen LogP contribution in [0.3, 0.4) is 0 Å². The lowest BCUT2D eigenvalue weighted by Crippen LogP contribution is -2.19. The first-order valence-electron chi connectivity index (χ1n) is 6.58. The van der Waals surface area contributed by atoms with Crippen LogP contribution >= 0.6 is 11.3 Å². The number of hydrogen-bond acceptors (Lipinski definition) is 3. The van der Waals surface area contributed by atoms with E-state index in [4.69, 9.17) is 0 Å². The molecule has 2 heterocycles. The van der Waals surface area contributed by atoms with Crippen LogP contribution in [0, 0.1) is 0 Å². The molecule has 2 aromatic heterocycles. The van der Waals surface area contributed by atoms with E-state index in [0.717, 1.165) is 41.5 Å². The van der Waals surface area contributed by atoms with E-state index in [9.17, 15) is 9.90 Å². The molecule has 0 spiro atoms. The van der Waals surface area contributed by atoms with E-state index in [-0.39, 0.29) is 0 Å². The molecule has 1 aliphatic rings. The van der Waals surface area contributed by atoms with Crippen molar-refractivity contribution < 1.29 is 9.90 Å². The Morgan fingerprint density at radius 3 is 3.11 bits per heavy atom. The molecule has 1 atom stereocenters. The molecule has 1 N–H and O–H groups in total. The van der Waals surface area contributed by atoms with Crippen molar-refractivity contribution in [3.8, 4) is 10.7 Å². The number of fused-ring (bicyclic) bond motifs is 1. The summed E-state index contributed by atoms with van der Waals surface area (Å²) in [5, 5.41) is 11.4. The van der Waals surface area contributed by atoms with Crippen LogP contribution in [0.2, 0.25) is 0 Å². The quantitative estimate of drug-likeness (QED) is 0.937. The number of carboxylic acid groups (broad SMARTS) is 1. The average Bonchev–Trinajstić information content (AvgIpc) is 3.04. The van der Waals surface area contributed by atoms with E-state index in [1.54, 1.807) is 11.3 Å². The molecular formula is C14H16N2O2S. The van der Waals surface area contributed by atoms with Gasteiger partial charge >= 0.3 is 5.97 Å². The Kier molecular flexibility index (Phi) is 3.14. The average molecular weight is 276 g/mol. The van der Waals surface area contributed by atoms with Gasteiger partial charge in [0.25, 0.3) is 0 Å². The van der Waals surface area contributed by atoms with Gasteiger partial charge in [-0.05, 0) is 37.6 Å². The highest BCUT2D eigenvalue weighted by Gasteiger charge is 2.32. The molecule has 0 amide bonds. The first-order chi connectivity index (χ1) is 9.22. The van der Waals surface area contributed by atoms with Gasteiger partial charge in [-0.1, -0.05) is 6.07 Å². The summed E-state index contributed by atoms with van der Waals surface area (Å²) in [7, 11) is 0. The van der Waals surface area contributed by atoms with Gasteiger partial charge in [-0.2, -0.15) is 0 Å². The summed E-state index contributed by atoms with van der Waals surface area (Å²) in [4.78, 5) is 17.1. The second-order valence-electron chi connectivity index (χ2n) is 4.77. The van der Waals surface area contributed by atoms with Gasteiger partial charge in [-0.15, -0.1) is 11.3 Å². The molecule has 19 heavy (non-hydrogen) atoms. The minimum atomic E-state index is -0.751. The molecular weight excluding hydrogens is 260 g/mol. The van der Waals surface area contributed by atoms with Crippen molar-refractivity contribution in [1.82, 2.24) is 9.55 Å². The first kappa shape index (κ1) is 12.4. The molecule has 5 heteroatoms. The Labute approximate surface area is 115 Å². The number of thiophene rings is 1. The monoisotopic (exact) mass is 276 g/mol. The maximum Gasteiger partial charge on any atom is 0.312 e. The number of nitrogens with zero attached hydrogens (tertiary/aromatic N) is 2. The molecule has 2 aromatic rings. The number of hydrogen-bond donors (Lipinski definition) is 1. The topological polar surface area (TPSA) is 55.1 Å². The van der Waals surface area contributed by atoms with Gasteiger partial charge in [0.2, 0.25) is 0 Å². The van der Waals surface area contributed by atoms with Crippen molar-refractivity contribution in [2.75, 3.05) is 0 Å². The Balaban J connectivity index is 2.16. The van der Waals surface area contributed by atoms with Gasteiger partial charge in [0.1, 0.15) is 5.92 Å². The largest absolute Gasteiger partial charge is 0.481 e. The molecule has 0 fully saturated rings. The van der Waals surface area contributed by atoms with E-state index >= 15 is 0 Å². The van der Waals surface area contributed by atoms with Crippen molar-refractivity contribution in [1.29, 1.82) is 0 Å². The molecule has 100 valence electrons. The second kappa shape index (κ2) is 4.81. The summed E-state index contributed by atoms with van der Waals surface area (Å²) in [6.07, 6.45) is 2.57. The molecule has 0 saturated heterocycles. The van der Waals surface area contributed by atoms with Gasteiger partial charge in [0.05, 0.1) is 10.6 Å². The van der Waals surface area contributed by atoms with E-state index in [0.29, 0.717) is 6.42 Å². The third kappa shape index (κ3) is 1.98. The number of carboxylic acids is 1. The van der Waals surface area contributed by atoms with Crippen molar-refractivity contribution >= 4 is 17.3 Å². The SMILES string of the molecule is CCn1c(-c2cccs2)nc2c1CCCC2C(=O)O. The Bertz CT molecular complexity index is 601. The van der Waals surface area contributed by atoms with Crippen molar-refractivity contribution in [2.45, 2.75) is 38.6 Å². The number of aromatic nitrogens is 2. The zero-order valence-corrected chi connectivity index (χ0v) is 11.6. The lowest BCUT2D eigenvalue weighted by atomic mass is 9.90. The smallest absolute Gasteiger partial charge is 0.312 e. The predicted molar refractivity (Wildman–Crippen MR) is 74.5 cm³/mol. The van der Waals surface area contributed by atoms with Crippen LogP contribution in [0.25, 0.3) is 10.7 Å². The van der Waals surface area contributed by atoms with Gasteiger partial charge < -0.3 is 9.67 Å². The number of carbonyl (C=O) groups is 1. The molecule has 0 radical (unpaired) electrons. The highest BCUT2D eigenvalue weighted by atomic mass is 32.1. The highest BCUT2D eigenvalue weighted by molar-refractivity contribution is 7.13. The normalized spacial score (nSPS) is 18.3. The van der Waals surface area contributed by atoms with E-state index in [1.165, 1.54) is 0 Å². The number of rotatable bonds is 3. The fourth-order valence-electron chi connectivity index (χ4n) is 2.83. The van der Waals surface area contributed by atoms with E-state index in [2.05, 4.69) is 16.5 Å². The van der Waals surface area contributed by atoms with Crippen molar-refractivity contribution in [2.24, 2.45) is 0 Å². The lowest BCUT2D eigenvalue weighted by molar-refractivity contribution is -0.139. The van der Waals surface area contributed by atoms with Gasteiger partial charge in [0.15, 0.2) is 5.82 Å². The van der Waals surface area contributed by atoms with Crippen LogP contribution in [0.5, 0.6) is 0 Å². The van der Waals surface area contributed by atoms with Crippen LogP contribution in [-0.4, -0.2) is 20.6 Å². The van der Waals surface area contributed by atoms with Crippen LogP contribution in [0.4, 0.5) is 0 Å². The van der Waals surface area contributed by atoms with E-state index < -0.39 is 11.9 Å². The van der Waals surface area contributed by atoms with Crippen LogP contribution in [0.15, 0.2) is 17.5 Å². The summed E-state index contributed by atoms with van der Waals surface area (Å²) < 4.78 is 2.18. The lowest BCUT2D eigenvalue weighted by Gasteiger charge is -2.19. The minimum absolute atomic E-state index is 0.435. The molecule has 0 saturated carbocycles. The Morgan fingerprint density at radius 1 is 1.63 bits per heavy atom. The van der Waals surface area contributed by atoms with Crippen LogP contribution in [-0.2, 0) is 17.8 Å². The van der Waals surface area contributed by atoms with Crippen LogP contribution < -0.4 is 0 Å². The maximum atomic E-state index is 11.4. The van der Waals surface area contributed by atoms with Gasteiger partial charge in [0, 0.05) is 12.2 Å². The molecule has 0 aromatic carbocycles. The standard InChI is InChI=1S/C14H16N2O2S/c1-2-16-10-6-3-5-9(14(17)18)12(10)15-13(16)11-7-4-8-19-11/h4,7-9H,2-3,5-6H2,1H3,(H,17,18). The summed E-state index contributed by atoms with van der Waals surface area (Å²) in [6, 6.07) is 4.04. The molecule has 1 aliphatic carbocycles. The molecule has 0 aliphatic heterocycles. The Morgan fingerprint density at radius 2 is 2.47 bits per heavy atom. The fraction of sp³-hybridized carbons (Fsp3) is 0.429. The summed E-state index contributed by atoms with van der Waals surface area (Å²) in [5.41, 5.74) is 1.90. The molecule has 4 nitrogen and oxygen atoms in total. The predicted octanol–water partition coefficient (Wildman–Crippen LogP) is 3.14. The summed E-state index contributed by atoms with van der Waals surface area (Å²) in [5.74, 6) is -0.259. The third-order valence-corrected chi connectivity index (χ3v) is 4.56. The molecule has 3 rings (SSSR count). The zero-order valence-electron chi connectivity index (χ0n) is 10.8. The van der Waals surface area contributed by atoms with Crippen molar-refractivity contribution in [3.63, 3.8) is 0 Å². The minimum Gasteiger partial charge on any atom is -0.481 e. The molecule has 0 bridgehead atoms. The zero-order chi connectivity index (χ0) is 13.4. The van der Waals surface area contributed by atoms with Crippen molar-refractivity contribution in [3.05, 3.63) is 28.9 Å². The fourth-order valence-corrected chi connectivity index (χ4v) is 3.55. The van der Waals surface area contributed by atoms with Gasteiger partial charge in [-0.3, -0.25) is 4.79 Å². The third-order valence-electron chi connectivity index (χ3n) is 3.70. The second-order valence-corrected chi connectivity index (χ2v) is 5.72. The Hall–Kier alpha value is -1.62. The van der Waals surface area contributed by atoms with Gasteiger partial charge in [-0.25, -0.2) is 4.98 Å². The number of imidazole rings is 1. The summed E-state index contributed by atoms with van der Waals surface area (Å²) >= 11 is 1.65. The first-order valence-corrected chi connectivity index (χ1v) is 7.46. The maximum absolute atomic E-state index is 11.4. The van der Waals surface area contributed by atoms with Crippen LogP contribution in [0.1, 0.15) is 37.1 Å².